The normalized spacial score (nSPS) is 11.2. The van der Waals surface area contributed by atoms with Gasteiger partial charge in [-0.15, -0.1) is 0 Å². The molecule has 9 rings (SSSR count). The summed E-state index contributed by atoms with van der Waals surface area (Å²) in [5.41, 5.74) is 12.4. The summed E-state index contributed by atoms with van der Waals surface area (Å²) >= 11 is 0. The van der Waals surface area contributed by atoms with Gasteiger partial charge in [0.15, 0.2) is 0 Å². The number of rotatable bonds is 7. The Labute approximate surface area is 292 Å². The minimum absolute atomic E-state index is 0.886. The highest BCUT2D eigenvalue weighted by Gasteiger charge is 2.15. The van der Waals surface area contributed by atoms with Gasteiger partial charge in [0.25, 0.3) is 0 Å². The number of nitrogens with zero attached hydrogens (tertiary/aromatic N) is 1. The molecule has 0 radical (unpaired) electrons. The molecule has 0 saturated carbocycles. The number of furan rings is 1. The van der Waals surface area contributed by atoms with Crippen molar-refractivity contribution in [1.29, 1.82) is 0 Å². The average molecular weight is 640 g/mol. The van der Waals surface area contributed by atoms with E-state index in [0.717, 1.165) is 39.4 Å². The number of benzene rings is 8. The van der Waals surface area contributed by atoms with E-state index >= 15 is 0 Å². The van der Waals surface area contributed by atoms with Crippen molar-refractivity contribution in [3.05, 3.63) is 200 Å². The molecule has 1 heterocycles. The van der Waals surface area contributed by atoms with Crippen LogP contribution in [0.1, 0.15) is 0 Å². The van der Waals surface area contributed by atoms with Gasteiger partial charge in [0.1, 0.15) is 11.3 Å². The molecule has 236 valence electrons. The fourth-order valence-electron chi connectivity index (χ4n) is 6.88. The molecule has 9 aromatic rings. The Morgan fingerprint density at radius 1 is 0.300 bits per heavy atom. The number of fused-ring (bicyclic) bond motifs is 3. The highest BCUT2D eigenvalue weighted by atomic mass is 16.3. The second kappa shape index (κ2) is 12.8. The maximum Gasteiger partial charge on any atom is 0.135 e. The van der Waals surface area contributed by atoms with Gasteiger partial charge in [-0.2, -0.15) is 0 Å². The van der Waals surface area contributed by atoms with Gasteiger partial charge < -0.3 is 9.32 Å². The third-order valence-electron chi connectivity index (χ3n) is 9.50. The smallest absolute Gasteiger partial charge is 0.135 e. The van der Waals surface area contributed by atoms with Crippen molar-refractivity contribution in [2.45, 2.75) is 0 Å². The first-order valence-corrected chi connectivity index (χ1v) is 17.0. The molecule has 0 aliphatic rings. The average Bonchev–Trinajstić information content (AvgIpc) is 3.65. The predicted molar refractivity (Wildman–Crippen MR) is 210 cm³/mol. The number of anilines is 3. The fourth-order valence-corrected chi connectivity index (χ4v) is 6.88. The molecular weight excluding hydrogens is 607 g/mol. The lowest BCUT2D eigenvalue weighted by Gasteiger charge is -2.26. The summed E-state index contributed by atoms with van der Waals surface area (Å²) in [4.78, 5) is 2.33. The van der Waals surface area contributed by atoms with Gasteiger partial charge in [0, 0.05) is 28.0 Å². The van der Waals surface area contributed by atoms with E-state index in [9.17, 15) is 0 Å². The van der Waals surface area contributed by atoms with Crippen LogP contribution in [0.2, 0.25) is 0 Å². The van der Waals surface area contributed by atoms with E-state index in [4.69, 9.17) is 4.42 Å². The third-order valence-corrected chi connectivity index (χ3v) is 9.50. The lowest BCUT2D eigenvalue weighted by atomic mass is 9.98. The number of hydrogen-bond donors (Lipinski definition) is 0. The minimum atomic E-state index is 0.886. The summed E-state index contributed by atoms with van der Waals surface area (Å²) in [7, 11) is 0. The van der Waals surface area contributed by atoms with Crippen LogP contribution in [0.4, 0.5) is 17.1 Å². The Bertz CT molecular complexity index is 2450. The van der Waals surface area contributed by atoms with E-state index < -0.39 is 0 Å². The molecule has 0 N–H and O–H groups in total. The summed E-state index contributed by atoms with van der Waals surface area (Å²) in [5, 5.41) is 3.51. The molecule has 8 aromatic carbocycles. The zero-order valence-electron chi connectivity index (χ0n) is 27.4. The second-order valence-corrected chi connectivity index (χ2v) is 12.6. The van der Waals surface area contributed by atoms with Crippen molar-refractivity contribution >= 4 is 38.8 Å². The molecule has 0 fully saturated rings. The molecule has 0 aliphatic heterocycles. The van der Waals surface area contributed by atoms with Crippen molar-refractivity contribution in [2.24, 2.45) is 0 Å². The molecule has 50 heavy (non-hydrogen) atoms. The highest BCUT2D eigenvalue weighted by molar-refractivity contribution is 6.08. The predicted octanol–water partition coefficient (Wildman–Crippen LogP) is 13.7. The lowest BCUT2D eigenvalue weighted by molar-refractivity contribution is 0.632. The Morgan fingerprint density at radius 2 is 0.700 bits per heavy atom. The Kier molecular flexibility index (Phi) is 7.53. The quantitative estimate of drug-likeness (QED) is 0.173. The van der Waals surface area contributed by atoms with Crippen LogP contribution in [-0.2, 0) is 0 Å². The van der Waals surface area contributed by atoms with Crippen LogP contribution >= 0.6 is 0 Å². The maximum absolute atomic E-state index is 6.29. The summed E-state index contributed by atoms with van der Waals surface area (Å²) in [6.45, 7) is 0. The standard InChI is InChI=1S/C48H33NO/c1-4-10-34(11-5-1)36-18-25-42(26-19-36)49(43-27-20-37(21-28-43)35-12-6-2-7-13-35)44-29-22-38(23-30-44)41-17-16-39-24-31-47-46(45(39)32-41)33-48(50-47)40-14-8-3-9-15-40/h1-33H. The van der Waals surface area contributed by atoms with Gasteiger partial charge in [-0.25, -0.2) is 0 Å². The number of hydrogen-bond acceptors (Lipinski definition) is 2. The summed E-state index contributed by atoms with van der Waals surface area (Å²) in [5.74, 6) is 0.886. The van der Waals surface area contributed by atoms with Gasteiger partial charge in [0.2, 0.25) is 0 Å². The van der Waals surface area contributed by atoms with E-state index in [-0.39, 0.29) is 0 Å². The molecule has 1 aromatic heterocycles. The summed E-state index contributed by atoms with van der Waals surface area (Å²) < 4.78 is 6.29. The van der Waals surface area contributed by atoms with Gasteiger partial charge in [-0.1, -0.05) is 146 Å². The molecule has 0 unspecified atom stereocenters. The Hall–Kier alpha value is -6.64. The van der Waals surface area contributed by atoms with Crippen molar-refractivity contribution in [3.63, 3.8) is 0 Å². The van der Waals surface area contributed by atoms with E-state index in [2.05, 4.69) is 187 Å². The molecule has 0 amide bonds. The van der Waals surface area contributed by atoms with E-state index in [1.165, 1.54) is 44.2 Å². The molecule has 0 bridgehead atoms. The van der Waals surface area contributed by atoms with Crippen molar-refractivity contribution in [2.75, 3.05) is 4.90 Å². The van der Waals surface area contributed by atoms with Crippen LogP contribution in [0.3, 0.4) is 0 Å². The topological polar surface area (TPSA) is 16.4 Å². The molecule has 0 atom stereocenters. The van der Waals surface area contributed by atoms with Gasteiger partial charge in [-0.3, -0.25) is 0 Å². The SMILES string of the molecule is c1ccc(-c2ccc(N(c3ccc(-c4ccccc4)cc3)c3ccc(-c4ccc5ccc6oc(-c7ccccc7)cc6c5c4)cc3)cc2)cc1. The summed E-state index contributed by atoms with van der Waals surface area (Å²) in [6, 6.07) is 71.0. The fraction of sp³-hybridized carbons (Fsp3) is 0. The van der Waals surface area contributed by atoms with Gasteiger partial charge >= 0.3 is 0 Å². The van der Waals surface area contributed by atoms with Crippen molar-refractivity contribution < 1.29 is 4.42 Å². The van der Waals surface area contributed by atoms with Crippen LogP contribution in [-0.4, -0.2) is 0 Å². The molecular formula is C48H33NO. The Balaban J connectivity index is 1.08. The zero-order valence-corrected chi connectivity index (χ0v) is 27.4. The van der Waals surface area contributed by atoms with E-state index in [1.807, 2.05) is 18.2 Å². The van der Waals surface area contributed by atoms with Gasteiger partial charge in [-0.05, 0) is 98.8 Å². The Morgan fingerprint density at radius 3 is 1.20 bits per heavy atom. The second-order valence-electron chi connectivity index (χ2n) is 12.6. The lowest BCUT2D eigenvalue weighted by Crippen LogP contribution is -2.09. The molecule has 0 spiro atoms. The largest absolute Gasteiger partial charge is 0.456 e. The third kappa shape index (κ3) is 5.63. The van der Waals surface area contributed by atoms with Crippen LogP contribution in [0.15, 0.2) is 205 Å². The first-order valence-electron chi connectivity index (χ1n) is 17.0. The van der Waals surface area contributed by atoms with E-state index in [1.54, 1.807) is 0 Å². The monoisotopic (exact) mass is 639 g/mol. The van der Waals surface area contributed by atoms with Crippen LogP contribution in [0.25, 0.3) is 66.4 Å². The van der Waals surface area contributed by atoms with Crippen LogP contribution in [0, 0.1) is 0 Å². The van der Waals surface area contributed by atoms with Crippen molar-refractivity contribution in [1.82, 2.24) is 0 Å². The van der Waals surface area contributed by atoms with Crippen LogP contribution in [0.5, 0.6) is 0 Å². The first-order chi connectivity index (χ1) is 24.8. The summed E-state index contributed by atoms with van der Waals surface area (Å²) in [6.07, 6.45) is 0. The molecule has 2 nitrogen and oxygen atoms in total. The van der Waals surface area contributed by atoms with Crippen LogP contribution < -0.4 is 4.90 Å². The zero-order chi connectivity index (χ0) is 33.3. The van der Waals surface area contributed by atoms with Crippen molar-refractivity contribution in [3.8, 4) is 44.7 Å². The molecule has 0 aliphatic carbocycles. The van der Waals surface area contributed by atoms with Gasteiger partial charge in [0.05, 0.1) is 0 Å². The minimum Gasteiger partial charge on any atom is -0.456 e. The molecule has 0 saturated heterocycles. The maximum atomic E-state index is 6.29. The highest BCUT2D eigenvalue weighted by Crippen LogP contribution is 2.39. The molecule has 2 heteroatoms. The van der Waals surface area contributed by atoms with E-state index in [0.29, 0.717) is 0 Å². The first kappa shape index (κ1) is 29.5.